The van der Waals surface area contributed by atoms with Crippen LogP contribution in [0.25, 0.3) is 0 Å². The Morgan fingerprint density at radius 3 is 1.91 bits per heavy atom. The van der Waals surface area contributed by atoms with Crippen LogP contribution in [-0.4, -0.2) is 57.9 Å². The van der Waals surface area contributed by atoms with Crippen LogP contribution >= 0.6 is 0 Å². The van der Waals surface area contributed by atoms with Gasteiger partial charge in [-0.05, 0) is 64.8 Å². The normalized spacial score (nSPS) is 24.2. The topological polar surface area (TPSA) is 6.48 Å². The van der Waals surface area contributed by atoms with Crippen molar-refractivity contribution < 1.29 is 0 Å². The van der Waals surface area contributed by atoms with Crippen LogP contribution in [-0.2, 0) is 0 Å². The molecule has 22 heavy (non-hydrogen) atoms. The van der Waals surface area contributed by atoms with Gasteiger partial charge in [0.25, 0.3) is 0 Å². The minimum atomic E-state index is -0.602. The Bertz CT molecular complexity index is 290. The van der Waals surface area contributed by atoms with Crippen molar-refractivity contribution >= 4 is 8.80 Å². The van der Waals surface area contributed by atoms with Crippen LogP contribution in [0, 0.1) is 0 Å². The Morgan fingerprint density at radius 1 is 0.773 bits per heavy atom. The Hall–Kier alpha value is -0.123. The average molecular weight is 323 g/mol. The molecule has 1 atom stereocenters. The first-order valence-corrected chi connectivity index (χ1v) is 12.6. The minimum absolute atomic E-state index is 0.602. The summed E-state index contributed by atoms with van der Waals surface area (Å²) in [5.41, 5.74) is 2.60. The van der Waals surface area contributed by atoms with E-state index in [9.17, 15) is 0 Å². The van der Waals surface area contributed by atoms with E-state index in [2.05, 4.69) is 28.1 Å². The summed E-state index contributed by atoms with van der Waals surface area (Å²) in [5.74, 6) is 0. The largest absolute Gasteiger partial charge is 0.303 e. The van der Waals surface area contributed by atoms with Crippen LogP contribution < -0.4 is 0 Å². The van der Waals surface area contributed by atoms with Gasteiger partial charge in [-0.2, -0.15) is 0 Å². The van der Waals surface area contributed by atoms with Gasteiger partial charge in [0, 0.05) is 6.54 Å². The summed E-state index contributed by atoms with van der Waals surface area (Å²) >= 11 is 0. The van der Waals surface area contributed by atoms with Crippen LogP contribution in [0.5, 0.6) is 0 Å². The summed E-state index contributed by atoms with van der Waals surface area (Å²) in [6.07, 6.45) is 15.4. The van der Waals surface area contributed by atoms with E-state index in [0.29, 0.717) is 0 Å². The molecule has 0 bridgehead atoms. The average Bonchev–Trinajstić information content (AvgIpc) is 2.92. The third-order valence-corrected chi connectivity index (χ3v) is 7.61. The van der Waals surface area contributed by atoms with Gasteiger partial charge in [-0.15, -0.1) is 5.70 Å². The highest BCUT2D eigenvalue weighted by Crippen LogP contribution is 2.12. The lowest BCUT2D eigenvalue weighted by atomic mass is 10.2. The van der Waals surface area contributed by atoms with Gasteiger partial charge in [0.15, 0.2) is 0 Å². The third kappa shape index (κ3) is 7.93. The molecule has 2 fully saturated rings. The zero-order valence-corrected chi connectivity index (χ0v) is 16.1. The lowest BCUT2D eigenvalue weighted by Gasteiger charge is -2.20. The van der Waals surface area contributed by atoms with E-state index < -0.39 is 8.80 Å². The van der Waals surface area contributed by atoms with Gasteiger partial charge in [0.1, 0.15) is 0 Å². The molecule has 2 aliphatic heterocycles. The predicted octanol–water partition coefficient (Wildman–Crippen LogP) is 4.08. The van der Waals surface area contributed by atoms with E-state index >= 15 is 0 Å². The van der Waals surface area contributed by atoms with E-state index in [1.54, 1.807) is 0 Å². The summed E-state index contributed by atoms with van der Waals surface area (Å²) < 4.78 is 0. The zero-order chi connectivity index (χ0) is 15.5. The lowest BCUT2D eigenvalue weighted by Crippen LogP contribution is -2.26. The van der Waals surface area contributed by atoms with Gasteiger partial charge < -0.3 is 4.90 Å². The van der Waals surface area contributed by atoms with E-state index in [4.69, 9.17) is 0 Å². The van der Waals surface area contributed by atoms with E-state index in [-0.39, 0.29) is 0 Å². The predicted molar refractivity (Wildman–Crippen MR) is 101 cm³/mol. The van der Waals surface area contributed by atoms with Crippen molar-refractivity contribution in [2.45, 2.75) is 70.4 Å². The SMILES string of the molecule is C[SiH](C=CCN1CCCCCC1)CCCN1CCCCCC1. The molecule has 128 valence electrons. The van der Waals surface area contributed by atoms with Crippen LogP contribution in [0.4, 0.5) is 0 Å². The molecule has 0 amide bonds. The number of rotatable bonds is 7. The minimum Gasteiger partial charge on any atom is -0.303 e. The monoisotopic (exact) mass is 322 g/mol. The van der Waals surface area contributed by atoms with Crippen molar-refractivity contribution in [3.8, 4) is 0 Å². The summed E-state index contributed by atoms with van der Waals surface area (Å²) in [7, 11) is -0.602. The molecule has 1 unspecified atom stereocenters. The Morgan fingerprint density at radius 2 is 1.32 bits per heavy atom. The Balaban J connectivity index is 1.54. The quantitative estimate of drug-likeness (QED) is 0.652. The van der Waals surface area contributed by atoms with Gasteiger partial charge in [-0.1, -0.05) is 44.4 Å². The first kappa shape index (κ1) is 18.2. The highest BCUT2D eigenvalue weighted by Gasteiger charge is 2.09. The van der Waals surface area contributed by atoms with Crippen molar-refractivity contribution in [1.29, 1.82) is 0 Å². The summed E-state index contributed by atoms with van der Waals surface area (Å²) in [5, 5.41) is 0. The molecule has 3 heteroatoms. The molecule has 0 aromatic rings. The van der Waals surface area contributed by atoms with Crippen LogP contribution in [0.15, 0.2) is 11.8 Å². The van der Waals surface area contributed by atoms with Crippen LogP contribution in [0.2, 0.25) is 12.6 Å². The summed E-state index contributed by atoms with van der Waals surface area (Å²) in [4.78, 5) is 5.37. The third-order valence-electron chi connectivity index (χ3n) is 5.36. The maximum absolute atomic E-state index is 2.72. The van der Waals surface area contributed by atoms with Crippen molar-refractivity contribution in [2.75, 3.05) is 39.3 Å². The van der Waals surface area contributed by atoms with E-state index in [0.717, 1.165) is 0 Å². The standard InChI is InChI=1S/C19H38N2Si/c1-22(18-10-16-20-12-6-2-3-7-13-20)19-11-17-21-14-8-4-5-9-15-21/h10,18,22H,2-9,11-17,19H2,1H3. The van der Waals surface area contributed by atoms with Crippen molar-refractivity contribution in [1.82, 2.24) is 9.80 Å². The number of likely N-dealkylation sites (tertiary alicyclic amines) is 2. The number of hydrogen-bond donors (Lipinski definition) is 0. The van der Waals surface area contributed by atoms with E-state index in [1.807, 2.05) is 0 Å². The van der Waals surface area contributed by atoms with Crippen molar-refractivity contribution in [3.63, 3.8) is 0 Å². The van der Waals surface area contributed by atoms with Gasteiger partial charge in [0.2, 0.25) is 0 Å². The molecule has 0 aromatic heterocycles. The first-order valence-electron chi connectivity index (χ1n) is 9.96. The second-order valence-corrected chi connectivity index (χ2v) is 10.4. The lowest BCUT2D eigenvalue weighted by molar-refractivity contribution is 0.285. The van der Waals surface area contributed by atoms with Crippen molar-refractivity contribution in [2.24, 2.45) is 0 Å². The zero-order valence-electron chi connectivity index (χ0n) is 14.9. The molecule has 0 N–H and O–H groups in total. The maximum atomic E-state index is 2.72. The molecular weight excluding hydrogens is 284 g/mol. The molecule has 0 aliphatic carbocycles. The van der Waals surface area contributed by atoms with E-state index in [1.165, 1.54) is 103 Å². The molecule has 2 saturated heterocycles. The molecule has 0 saturated carbocycles. The highest BCUT2D eigenvalue weighted by molar-refractivity contribution is 6.62. The van der Waals surface area contributed by atoms with Crippen LogP contribution in [0.1, 0.15) is 57.8 Å². The molecular formula is C19H38N2Si. The molecule has 2 nitrogen and oxygen atoms in total. The Kier molecular flexibility index (Phi) is 9.46. The molecule has 2 heterocycles. The van der Waals surface area contributed by atoms with Gasteiger partial charge in [-0.3, -0.25) is 4.90 Å². The van der Waals surface area contributed by atoms with Gasteiger partial charge in [0.05, 0.1) is 8.80 Å². The fraction of sp³-hybridized carbons (Fsp3) is 0.895. The van der Waals surface area contributed by atoms with Gasteiger partial charge >= 0.3 is 0 Å². The van der Waals surface area contributed by atoms with Crippen LogP contribution in [0.3, 0.4) is 0 Å². The Labute approximate surface area is 140 Å². The first-order chi connectivity index (χ1) is 10.8. The smallest absolute Gasteiger partial charge is 0.0581 e. The summed E-state index contributed by atoms with van der Waals surface area (Å²) in [6, 6.07) is 1.49. The summed E-state index contributed by atoms with van der Waals surface area (Å²) in [6.45, 7) is 10.5. The molecule has 2 aliphatic rings. The molecule has 0 spiro atoms. The molecule has 2 rings (SSSR count). The second kappa shape index (κ2) is 11.4. The highest BCUT2D eigenvalue weighted by atomic mass is 28.3. The molecule has 0 radical (unpaired) electrons. The fourth-order valence-corrected chi connectivity index (χ4v) is 5.46. The number of hydrogen-bond acceptors (Lipinski definition) is 2. The second-order valence-electron chi connectivity index (χ2n) is 7.52. The fourth-order valence-electron chi connectivity index (χ4n) is 3.85. The maximum Gasteiger partial charge on any atom is 0.0581 e. The van der Waals surface area contributed by atoms with Gasteiger partial charge in [-0.25, -0.2) is 0 Å². The van der Waals surface area contributed by atoms with Crippen molar-refractivity contribution in [3.05, 3.63) is 11.8 Å². The number of nitrogens with zero attached hydrogens (tertiary/aromatic N) is 2. The molecule has 0 aromatic carbocycles.